The van der Waals surface area contributed by atoms with E-state index in [9.17, 15) is 40.4 Å². The number of hydrogen-bond acceptors (Lipinski definition) is 7. The minimum atomic E-state index is -6.02. The van der Waals surface area contributed by atoms with Crippen LogP contribution < -0.4 is 15.2 Å². The highest BCUT2D eigenvalue weighted by atomic mass is 32.2. The number of amides is 3. The zero-order chi connectivity index (χ0) is 26.8. The molecule has 1 aliphatic rings. The van der Waals surface area contributed by atoms with Gasteiger partial charge in [0.15, 0.2) is 0 Å². The highest BCUT2D eigenvalue weighted by Gasteiger charge is 2.48. The smallest absolute Gasteiger partial charge is 0.444 e. The van der Waals surface area contributed by atoms with Crippen LogP contribution in [0.5, 0.6) is 5.75 Å². The van der Waals surface area contributed by atoms with Gasteiger partial charge in [-0.15, -0.1) is 0 Å². The molecule has 2 rings (SSSR count). The summed E-state index contributed by atoms with van der Waals surface area (Å²) in [6, 6.07) is -0.305. The number of ether oxygens (including phenoxy) is 1. The van der Waals surface area contributed by atoms with E-state index in [1.165, 1.54) is 0 Å². The van der Waals surface area contributed by atoms with E-state index in [1.807, 2.05) is 0 Å². The van der Waals surface area contributed by atoms with Gasteiger partial charge in [-0.05, 0) is 45.2 Å². The average molecular weight is 527 g/mol. The maximum atomic E-state index is 14.6. The lowest BCUT2D eigenvalue weighted by molar-refractivity contribution is -0.139. The number of benzene rings is 1. The van der Waals surface area contributed by atoms with Gasteiger partial charge in [0.2, 0.25) is 11.8 Å². The molecule has 0 bridgehead atoms. The predicted octanol–water partition coefficient (Wildman–Crippen LogP) is 1.97. The van der Waals surface area contributed by atoms with E-state index < -0.39 is 69.2 Å². The number of nitrogens with one attached hydrogen (secondary N) is 1. The molecule has 2 atom stereocenters. The van der Waals surface area contributed by atoms with Crippen molar-refractivity contribution in [3.05, 3.63) is 29.6 Å². The molecule has 1 aliphatic heterocycles. The van der Waals surface area contributed by atoms with Gasteiger partial charge in [0, 0.05) is 19.0 Å². The van der Waals surface area contributed by atoms with Crippen molar-refractivity contribution in [2.24, 2.45) is 5.73 Å². The molecule has 1 aromatic rings. The normalized spacial score (nSPS) is 17.6. The van der Waals surface area contributed by atoms with Crippen molar-refractivity contribution in [1.82, 2.24) is 10.2 Å². The second-order valence-electron chi connectivity index (χ2n) is 8.73. The molecule has 196 valence electrons. The zero-order valence-electron chi connectivity index (χ0n) is 19.0. The van der Waals surface area contributed by atoms with Crippen LogP contribution in [0.1, 0.15) is 39.2 Å². The number of hydrogen-bond donors (Lipinski definition) is 2. The van der Waals surface area contributed by atoms with Gasteiger partial charge in [0.05, 0.1) is 0 Å². The molecule has 0 saturated carbocycles. The molecule has 0 spiro atoms. The number of alkyl carbamates (subject to hydrolysis) is 1. The summed E-state index contributed by atoms with van der Waals surface area (Å²) in [6.45, 7) is 4.87. The summed E-state index contributed by atoms with van der Waals surface area (Å²) < 4.78 is 83.4. The van der Waals surface area contributed by atoms with Crippen molar-refractivity contribution >= 4 is 28.0 Å². The van der Waals surface area contributed by atoms with Gasteiger partial charge in [0.1, 0.15) is 29.3 Å². The number of likely N-dealkylation sites (tertiary alicyclic amines) is 1. The Labute approximate surface area is 198 Å². The Balaban J connectivity index is 2.31. The fourth-order valence-electron chi connectivity index (χ4n) is 3.32. The lowest BCUT2D eigenvalue weighted by Crippen LogP contribution is -2.54. The van der Waals surface area contributed by atoms with E-state index in [4.69, 9.17) is 10.5 Å². The Morgan fingerprint density at radius 1 is 1.23 bits per heavy atom. The molecule has 15 heteroatoms. The first-order valence-corrected chi connectivity index (χ1v) is 11.7. The van der Waals surface area contributed by atoms with Crippen molar-refractivity contribution in [3.8, 4) is 5.75 Å². The molecule has 1 heterocycles. The minimum Gasteiger partial charge on any atom is -0.444 e. The third-order valence-electron chi connectivity index (χ3n) is 4.79. The van der Waals surface area contributed by atoms with Crippen LogP contribution in [0, 0.1) is 5.82 Å². The summed E-state index contributed by atoms with van der Waals surface area (Å²) in [5.74, 6) is -3.65. The molecule has 0 aromatic heterocycles. The van der Waals surface area contributed by atoms with Crippen LogP contribution >= 0.6 is 0 Å². The molecule has 3 N–H and O–H groups in total. The molecule has 1 fully saturated rings. The quantitative estimate of drug-likeness (QED) is 0.313. The van der Waals surface area contributed by atoms with Crippen LogP contribution in [0.25, 0.3) is 0 Å². The fraction of sp³-hybridized carbons (Fsp3) is 0.550. The van der Waals surface area contributed by atoms with Crippen molar-refractivity contribution < 1.29 is 49.3 Å². The molecule has 10 nitrogen and oxygen atoms in total. The second kappa shape index (κ2) is 10.3. The van der Waals surface area contributed by atoms with Crippen LogP contribution in [0.2, 0.25) is 0 Å². The number of carbonyl (C=O) groups is 3. The number of halogens is 4. The van der Waals surface area contributed by atoms with Gasteiger partial charge < -0.3 is 24.9 Å². The molecule has 1 aromatic carbocycles. The van der Waals surface area contributed by atoms with E-state index in [0.717, 1.165) is 17.0 Å². The van der Waals surface area contributed by atoms with Crippen molar-refractivity contribution in [2.45, 2.75) is 63.2 Å². The van der Waals surface area contributed by atoms with E-state index in [1.54, 1.807) is 20.8 Å². The zero-order valence-corrected chi connectivity index (χ0v) is 19.8. The first kappa shape index (κ1) is 28.1. The SMILES string of the molecule is CC(C)(C)OC(=O)N[C@@H](Cc1ccc(OS(=O)(=O)C(F)(F)F)cc1F)C(=O)N1CCCC1C(N)=O. The number of nitrogens with two attached hydrogens (primary N) is 1. The van der Waals surface area contributed by atoms with Crippen molar-refractivity contribution in [1.29, 1.82) is 0 Å². The summed E-state index contributed by atoms with van der Waals surface area (Å²) >= 11 is 0. The molecule has 0 aliphatic carbocycles. The lowest BCUT2D eigenvalue weighted by atomic mass is 10.0. The van der Waals surface area contributed by atoms with Gasteiger partial charge >= 0.3 is 21.7 Å². The third-order valence-corrected chi connectivity index (χ3v) is 5.77. The van der Waals surface area contributed by atoms with Crippen LogP contribution in [0.3, 0.4) is 0 Å². The van der Waals surface area contributed by atoms with Gasteiger partial charge in [-0.1, -0.05) is 6.07 Å². The van der Waals surface area contributed by atoms with Crippen LogP contribution in [-0.2, 0) is 30.9 Å². The van der Waals surface area contributed by atoms with Gasteiger partial charge in [-0.3, -0.25) is 9.59 Å². The van der Waals surface area contributed by atoms with Crippen LogP contribution in [0.4, 0.5) is 22.4 Å². The molecule has 1 saturated heterocycles. The van der Waals surface area contributed by atoms with Crippen molar-refractivity contribution in [3.63, 3.8) is 0 Å². The monoisotopic (exact) mass is 527 g/mol. The predicted molar refractivity (Wildman–Crippen MR) is 113 cm³/mol. The molecular weight excluding hydrogens is 502 g/mol. The minimum absolute atomic E-state index is 0.156. The van der Waals surface area contributed by atoms with Gasteiger partial charge in [0.25, 0.3) is 0 Å². The Morgan fingerprint density at radius 2 is 1.86 bits per heavy atom. The Bertz CT molecular complexity index is 1090. The number of primary amides is 1. The topological polar surface area (TPSA) is 145 Å². The molecule has 35 heavy (non-hydrogen) atoms. The molecule has 3 amide bonds. The Kier molecular flexibility index (Phi) is 8.25. The van der Waals surface area contributed by atoms with Gasteiger partial charge in [-0.2, -0.15) is 21.6 Å². The Morgan fingerprint density at radius 3 is 2.37 bits per heavy atom. The maximum absolute atomic E-state index is 14.6. The standard InChI is InChI=1S/C20H25F4N3O7S/c1-19(2,3)33-18(30)26-14(17(29)27-8-4-5-15(27)16(25)28)9-11-6-7-12(10-13(11)21)34-35(31,32)20(22,23)24/h6-7,10,14-15H,4-5,8-9H2,1-3H3,(H2,25,28)(H,26,30)/t14-,15?/m0/s1. The molecule has 0 radical (unpaired) electrons. The average Bonchev–Trinajstić information content (AvgIpc) is 3.16. The highest BCUT2D eigenvalue weighted by Crippen LogP contribution is 2.28. The number of carbonyl (C=O) groups excluding carboxylic acids is 3. The first-order chi connectivity index (χ1) is 15.9. The number of alkyl halides is 3. The van der Waals surface area contributed by atoms with E-state index in [-0.39, 0.29) is 12.1 Å². The largest absolute Gasteiger partial charge is 0.534 e. The van der Waals surface area contributed by atoms with Crippen LogP contribution in [-0.4, -0.2) is 61.0 Å². The van der Waals surface area contributed by atoms with E-state index >= 15 is 0 Å². The molecule has 1 unspecified atom stereocenters. The fourth-order valence-corrected chi connectivity index (χ4v) is 3.77. The Hall–Kier alpha value is -3.10. The number of rotatable bonds is 7. The summed E-state index contributed by atoms with van der Waals surface area (Å²) in [5, 5.41) is 2.31. The first-order valence-electron chi connectivity index (χ1n) is 10.3. The summed E-state index contributed by atoms with van der Waals surface area (Å²) in [6.07, 6.45) is -0.749. The number of nitrogens with zero attached hydrogens (tertiary/aromatic N) is 1. The highest BCUT2D eigenvalue weighted by molar-refractivity contribution is 7.88. The van der Waals surface area contributed by atoms with Crippen LogP contribution in [0.15, 0.2) is 18.2 Å². The molecular formula is C20H25F4N3O7S. The van der Waals surface area contributed by atoms with E-state index in [2.05, 4.69) is 9.50 Å². The summed E-state index contributed by atoms with van der Waals surface area (Å²) in [4.78, 5) is 38.3. The third kappa shape index (κ3) is 7.44. The van der Waals surface area contributed by atoms with Gasteiger partial charge in [-0.25, -0.2) is 9.18 Å². The second-order valence-corrected chi connectivity index (χ2v) is 10.3. The lowest BCUT2D eigenvalue weighted by Gasteiger charge is -2.29. The summed E-state index contributed by atoms with van der Waals surface area (Å²) in [7, 11) is -6.02. The van der Waals surface area contributed by atoms with Crippen molar-refractivity contribution in [2.75, 3.05) is 6.54 Å². The maximum Gasteiger partial charge on any atom is 0.534 e. The van der Waals surface area contributed by atoms with E-state index in [0.29, 0.717) is 18.9 Å². The summed E-state index contributed by atoms with van der Waals surface area (Å²) in [5.41, 5.74) is -1.58.